The lowest BCUT2D eigenvalue weighted by atomic mass is 10.1. The van der Waals surface area contributed by atoms with Crippen molar-refractivity contribution in [3.05, 3.63) is 0 Å². The van der Waals surface area contributed by atoms with Gasteiger partial charge in [-0.3, -0.25) is 5.32 Å². The molecule has 0 heterocycles. The van der Waals surface area contributed by atoms with Gasteiger partial charge in [0.25, 0.3) is 0 Å². The fourth-order valence-electron chi connectivity index (χ4n) is 0.519. The summed E-state index contributed by atoms with van der Waals surface area (Å²) in [5.74, 6) is 0. The van der Waals surface area contributed by atoms with Crippen molar-refractivity contribution in [2.45, 2.75) is 25.2 Å². The quantitative estimate of drug-likeness (QED) is 0.583. The van der Waals surface area contributed by atoms with Crippen LogP contribution in [0.15, 0.2) is 0 Å². The van der Waals surface area contributed by atoms with E-state index in [2.05, 4.69) is 0 Å². The molecular formula is C5H10F3NO. The van der Waals surface area contributed by atoms with Crippen LogP contribution in [0.25, 0.3) is 0 Å². The van der Waals surface area contributed by atoms with Gasteiger partial charge in [0.1, 0.15) is 0 Å². The van der Waals surface area contributed by atoms with Gasteiger partial charge < -0.3 is 5.11 Å². The molecule has 2 nitrogen and oxygen atoms in total. The summed E-state index contributed by atoms with van der Waals surface area (Å²) in [6, 6.07) is 0. The summed E-state index contributed by atoms with van der Waals surface area (Å²) >= 11 is 0. The molecule has 2 N–H and O–H groups in total. The summed E-state index contributed by atoms with van der Waals surface area (Å²) in [5, 5.41) is 10.5. The smallest absolute Gasteiger partial charge is 0.368 e. The number of hydrogen-bond donors (Lipinski definition) is 2. The van der Waals surface area contributed by atoms with Gasteiger partial charge in [-0.25, -0.2) is 0 Å². The highest BCUT2D eigenvalue weighted by Gasteiger charge is 2.51. The number of halogens is 3. The van der Waals surface area contributed by atoms with Crippen LogP contribution < -0.4 is 5.32 Å². The molecule has 0 saturated heterocycles. The summed E-state index contributed by atoms with van der Waals surface area (Å²) in [4.78, 5) is 0. The van der Waals surface area contributed by atoms with Gasteiger partial charge in [0.15, 0.2) is 0 Å². The zero-order chi connectivity index (χ0) is 8.41. The van der Waals surface area contributed by atoms with Gasteiger partial charge in [0.2, 0.25) is 5.72 Å². The fourth-order valence-corrected chi connectivity index (χ4v) is 0.519. The molecule has 0 amide bonds. The van der Waals surface area contributed by atoms with E-state index in [1.165, 1.54) is 6.92 Å². The van der Waals surface area contributed by atoms with E-state index in [0.29, 0.717) is 0 Å². The molecule has 0 aliphatic carbocycles. The average molecular weight is 157 g/mol. The molecular weight excluding hydrogens is 147 g/mol. The van der Waals surface area contributed by atoms with Gasteiger partial charge in [-0.2, -0.15) is 13.2 Å². The van der Waals surface area contributed by atoms with Crippen LogP contribution >= 0.6 is 0 Å². The molecule has 0 aliphatic heterocycles. The standard InChI is InChI=1S/C5H10F3NO/c1-3-4(10,9-2)5(6,7)8/h9-10H,3H2,1-2H3. The molecule has 62 valence electrons. The Morgan fingerprint density at radius 1 is 1.40 bits per heavy atom. The lowest BCUT2D eigenvalue weighted by molar-refractivity contribution is -0.271. The molecule has 5 heteroatoms. The Hall–Kier alpha value is -0.290. The van der Waals surface area contributed by atoms with Crippen molar-refractivity contribution < 1.29 is 18.3 Å². The third-order valence-electron chi connectivity index (χ3n) is 1.39. The molecule has 1 atom stereocenters. The predicted molar refractivity (Wildman–Crippen MR) is 30.4 cm³/mol. The molecule has 0 saturated carbocycles. The van der Waals surface area contributed by atoms with Crippen LogP contribution in [0.2, 0.25) is 0 Å². The molecule has 0 spiro atoms. The Bertz CT molecular complexity index is 108. The van der Waals surface area contributed by atoms with Crippen molar-refractivity contribution in [3.63, 3.8) is 0 Å². The molecule has 0 bridgehead atoms. The van der Waals surface area contributed by atoms with Gasteiger partial charge >= 0.3 is 6.18 Å². The highest BCUT2D eigenvalue weighted by Crippen LogP contribution is 2.29. The van der Waals surface area contributed by atoms with Crippen LogP contribution in [0.3, 0.4) is 0 Å². The Morgan fingerprint density at radius 2 is 1.80 bits per heavy atom. The van der Waals surface area contributed by atoms with E-state index in [9.17, 15) is 13.2 Å². The largest absolute Gasteiger partial charge is 0.430 e. The van der Waals surface area contributed by atoms with Crippen LogP contribution in [0.5, 0.6) is 0 Å². The number of hydrogen-bond acceptors (Lipinski definition) is 2. The molecule has 0 radical (unpaired) electrons. The van der Waals surface area contributed by atoms with Crippen LogP contribution in [0, 0.1) is 0 Å². The lowest BCUT2D eigenvalue weighted by Gasteiger charge is -2.28. The van der Waals surface area contributed by atoms with E-state index in [1.807, 2.05) is 0 Å². The van der Waals surface area contributed by atoms with Gasteiger partial charge in [0, 0.05) is 0 Å². The van der Waals surface area contributed by atoms with Crippen molar-refractivity contribution in [3.8, 4) is 0 Å². The zero-order valence-corrected chi connectivity index (χ0v) is 5.79. The SMILES string of the molecule is CCC(O)(NC)C(F)(F)F. The minimum absolute atomic E-state index is 0.396. The third-order valence-corrected chi connectivity index (χ3v) is 1.39. The maximum Gasteiger partial charge on any atom is 0.430 e. The van der Waals surface area contributed by atoms with E-state index in [4.69, 9.17) is 5.11 Å². The first-order valence-electron chi connectivity index (χ1n) is 2.85. The first kappa shape index (κ1) is 9.71. The van der Waals surface area contributed by atoms with Crippen molar-refractivity contribution in [2.24, 2.45) is 0 Å². The summed E-state index contributed by atoms with van der Waals surface area (Å²) in [6.07, 6.45) is -5.00. The van der Waals surface area contributed by atoms with Crippen LogP contribution in [0.1, 0.15) is 13.3 Å². The summed E-state index contributed by atoms with van der Waals surface area (Å²) in [6.45, 7) is 1.25. The van der Waals surface area contributed by atoms with Crippen molar-refractivity contribution in [1.82, 2.24) is 5.32 Å². The average Bonchev–Trinajstić information content (AvgIpc) is 1.84. The second-order valence-corrected chi connectivity index (χ2v) is 1.96. The fraction of sp³-hybridized carbons (Fsp3) is 1.00. The predicted octanol–water partition coefficient (Wildman–Crippen LogP) is 0.867. The van der Waals surface area contributed by atoms with Gasteiger partial charge in [-0.05, 0) is 13.5 Å². The topological polar surface area (TPSA) is 32.3 Å². The summed E-state index contributed by atoms with van der Waals surface area (Å²) in [5.41, 5.74) is -2.73. The molecule has 0 aromatic carbocycles. The minimum Gasteiger partial charge on any atom is -0.368 e. The molecule has 0 aliphatic rings. The third kappa shape index (κ3) is 1.60. The Kier molecular flexibility index (Phi) is 2.67. The monoisotopic (exact) mass is 157 g/mol. The molecule has 0 fully saturated rings. The minimum atomic E-state index is -4.60. The van der Waals surface area contributed by atoms with Crippen LogP contribution in [-0.4, -0.2) is 24.1 Å². The maximum absolute atomic E-state index is 11.8. The van der Waals surface area contributed by atoms with E-state index in [1.54, 1.807) is 5.32 Å². The van der Waals surface area contributed by atoms with Crippen LogP contribution in [0.4, 0.5) is 13.2 Å². The highest BCUT2D eigenvalue weighted by atomic mass is 19.4. The van der Waals surface area contributed by atoms with E-state index in [0.717, 1.165) is 7.05 Å². The number of alkyl halides is 3. The van der Waals surface area contributed by atoms with Crippen molar-refractivity contribution in [2.75, 3.05) is 7.05 Å². The Balaban J connectivity index is 4.33. The Labute approximate surface area is 57.0 Å². The second-order valence-electron chi connectivity index (χ2n) is 1.96. The normalized spacial score (nSPS) is 18.6. The Morgan fingerprint density at radius 3 is 1.80 bits per heavy atom. The number of aliphatic hydroxyl groups is 1. The first-order chi connectivity index (χ1) is 4.37. The van der Waals surface area contributed by atoms with Crippen molar-refractivity contribution >= 4 is 0 Å². The van der Waals surface area contributed by atoms with Crippen LogP contribution in [-0.2, 0) is 0 Å². The van der Waals surface area contributed by atoms with E-state index >= 15 is 0 Å². The lowest BCUT2D eigenvalue weighted by Crippen LogP contribution is -2.54. The number of rotatable bonds is 2. The first-order valence-corrected chi connectivity index (χ1v) is 2.85. The summed E-state index contributed by atoms with van der Waals surface area (Å²) in [7, 11) is 1.07. The zero-order valence-electron chi connectivity index (χ0n) is 5.79. The maximum atomic E-state index is 11.8. The van der Waals surface area contributed by atoms with E-state index < -0.39 is 18.3 Å². The highest BCUT2D eigenvalue weighted by molar-refractivity contribution is 4.80. The van der Waals surface area contributed by atoms with Gasteiger partial charge in [0.05, 0.1) is 0 Å². The van der Waals surface area contributed by atoms with Crippen molar-refractivity contribution in [1.29, 1.82) is 0 Å². The summed E-state index contributed by atoms with van der Waals surface area (Å²) < 4.78 is 35.4. The van der Waals surface area contributed by atoms with E-state index in [-0.39, 0.29) is 0 Å². The second kappa shape index (κ2) is 2.75. The molecule has 1 unspecified atom stereocenters. The molecule has 0 aromatic rings. The van der Waals surface area contributed by atoms with Gasteiger partial charge in [-0.1, -0.05) is 6.92 Å². The molecule has 0 aromatic heterocycles. The molecule has 0 rings (SSSR count). The molecule has 10 heavy (non-hydrogen) atoms. The van der Waals surface area contributed by atoms with Gasteiger partial charge in [-0.15, -0.1) is 0 Å². The number of nitrogens with one attached hydrogen (secondary N) is 1.